The lowest BCUT2D eigenvalue weighted by molar-refractivity contribution is -0.121. The lowest BCUT2D eigenvalue weighted by Crippen LogP contribution is -2.43. The Labute approximate surface area is 154 Å². The predicted octanol–water partition coefficient (Wildman–Crippen LogP) is 2.20. The molecule has 140 valence electrons. The Morgan fingerprint density at radius 2 is 1.73 bits per heavy atom. The van der Waals surface area contributed by atoms with Gasteiger partial charge >= 0.3 is 0 Å². The number of benzene rings is 2. The molecule has 0 aliphatic heterocycles. The summed E-state index contributed by atoms with van der Waals surface area (Å²) in [6, 6.07) is 15.4. The Morgan fingerprint density at radius 1 is 1.12 bits per heavy atom. The van der Waals surface area contributed by atoms with Crippen LogP contribution in [0.3, 0.4) is 0 Å². The molecule has 0 aliphatic carbocycles. The second kappa shape index (κ2) is 8.82. The van der Waals surface area contributed by atoms with Crippen molar-refractivity contribution < 1.29 is 17.9 Å². The summed E-state index contributed by atoms with van der Waals surface area (Å²) >= 11 is 0. The molecule has 0 saturated carbocycles. The molecule has 0 saturated heterocycles. The maximum Gasteiger partial charge on any atom is 0.243 e. The average Bonchev–Trinajstić information content (AvgIpc) is 2.61. The smallest absolute Gasteiger partial charge is 0.243 e. The van der Waals surface area contributed by atoms with Crippen molar-refractivity contribution in [3.63, 3.8) is 0 Å². The molecule has 1 atom stereocenters. The zero-order valence-electron chi connectivity index (χ0n) is 15.2. The van der Waals surface area contributed by atoms with E-state index < -0.39 is 10.0 Å². The average molecular weight is 376 g/mol. The molecule has 1 amide bonds. The van der Waals surface area contributed by atoms with Crippen molar-refractivity contribution in [3.8, 4) is 5.75 Å². The van der Waals surface area contributed by atoms with Crippen LogP contribution < -0.4 is 10.1 Å². The number of nitrogens with one attached hydrogen (secondary N) is 1. The molecule has 2 aromatic carbocycles. The standard InChI is InChI=1S/C19H24N2O4S/c1-15-9-11-17(12-10-15)25-14-16(2)20-19(22)13-21(3)26(23,24)18-7-5-4-6-8-18/h4-12,16H,13-14H2,1-3H3,(H,20,22)/t16-/m0/s1. The zero-order valence-corrected chi connectivity index (χ0v) is 16.0. The Balaban J connectivity index is 1.84. The molecule has 0 spiro atoms. The van der Waals surface area contributed by atoms with Crippen LogP contribution in [0.1, 0.15) is 12.5 Å². The van der Waals surface area contributed by atoms with Gasteiger partial charge in [-0.2, -0.15) is 4.31 Å². The number of hydrogen-bond donors (Lipinski definition) is 1. The molecule has 0 bridgehead atoms. The van der Waals surface area contributed by atoms with Crippen molar-refractivity contribution in [2.75, 3.05) is 20.2 Å². The summed E-state index contributed by atoms with van der Waals surface area (Å²) in [5.74, 6) is 0.340. The summed E-state index contributed by atoms with van der Waals surface area (Å²) in [6.45, 7) is 3.83. The van der Waals surface area contributed by atoms with E-state index >= 15 is 0 Å². The van der Waals surface area contributed by atoms with Crippen molar-refractivity contribution in [1.29, 1.82) is 0 Å². The first-order valence-corrected chi connectivity index (χ1v) is 9.73. The quantitative estimate of drug-likeness (QED) is 0.766. The highest BCUT2D eigenvalue weighted by Gasteiger charge is 2.23. The fourth-order valence-corrected chi connectivity index (χ4v) is 3.43. The number of nitrogens with zero attached hydrogens (tertiary/aromatic N) is 1. The highest BCUT2D eigenvalue weighted by molar-refractivity contribution is 7.89. The highest BCUT2D eigenvalue weighted by Crippen LogP contribution is 2.13. The molecule has 26 heavy (non-hydrogen) atoms. The van der Waals surface area contributed by atoms with Gasteiger partial charge < -0.3 is 10.1 Å². The van der Waals surface area contributed by atoms with E-state index in [9.17, 15) is 13.2 Å². The summed E-state index contributed by atoms with van der Waals surface area (Å²) in [5, 5.41) is 2.75. The summed E-state index contributed by atoms with van der Waals surface area (Å²) in [4.78, 5) is 12.3. The third kappa shape index (κ3) is 5.57. The fourth-order valence-electron chi connectivity index (χ4n) is 2.28. The van der Waals surface area contributed by atoms with E-state index in [0.717, 1.165) is 15.6 Å². The van der Waals surface area contributed by atoms with Crippen molar-refractivity contribution in [1.82, 2.24) is 9.62 Å². The molecular formula is C19H24N2O4S. The van der Waals surface area contributed by atoms with Gasteiger partial charge in [-0.25, -0.2) is 8.42 Å². The van der Waals surface area contributed by atoms with E-state index in [1.165, 1.54) is 19.2 Å². The minimum Gasteiger partial charge on any atom is -0.491 e. The van der Waals surface area contributed by atoms with Crippen LogP contribution in [0.25, 0.3) is 0 Å². The van der Waals surface area contributed by atoms with Gasteiger partial charge in [0.05, 0.1) is 17.5 Å². The first-order chi connectivity index (χ1) is 12.3. The summed E-state index contributed by atoms with van der Waals surface area (Å²) in [7, 11) is -2.30. The number of likely N-dealkylation sites (N-methyl/N-ethyl adjacent to an activating group) is 1. The number of hydrogen-bond acceptors (Lipinski definition) is 4. The Kier molecular flexibility index (Phi) is 6.76. The molecule has 0 fully saturated rings. The topological polar surface area (TPSA) is 75.7 Å². The van der Waals surface area contributed by atoms with Gasteiger partial charge in [-0.1, -0.05) is 35.9 Å². The van der Waals surface area contributed by atoms with Crippen LogP contribution in [-0.4, -0.2) is 44.9 Å². The molecule has 2 rings (SSSR count). The minimum absolute atomic E-state index is 0.158. The molecule has 2 aromatic rings. The molecular weight excluding hydrogens is 352 g/mol. The zero-order chi connectivity index (χ0) is 19.2. The Morgan fingerprint density at radius 3 is 2.35 bits per heavy atom. The van der Waals surface area contributed by atoms with E-state index in [1.807, 2.05) is 31.2 Å². The van der Waals surface area contributed by atoms with Crippen LogP contribution >= 0.6 is 0 Å². The number of ether oxygens (including phenoxy) is 1. The Hall–Kier alpha value is -2.38. The van der Waals surface area contributed by atoms with Crippen molar-refractivity contribution in [2.45, 2.75) is 24.8 Å². The van der Waals surface area contributed by atoms with Gasteiger partial charge in [0.2, 0.25) is 15.9 Å². The number of carbonyl (C=O) groups excluding carboxylic acids is 1. The maximum absolute atomic E-state index is 12.4. The third-order valence-corrected chi connectivity index (χ3v) is 5.56. The minimum atomic E-state index is -3.69. The molecule has 0 aliphatic rings. The van der Waals surface area contributed by atoms with Crippen LogP contribution in [0.4, 0.5) is 0 Å². The van der Waals surface area contributed by atoms with Gasteiger partial charge in [0.25, 0.3) is 0 Å². The molecule has 7 heteroatoms. The van der Waals surface area contributed by atoms with Gasteiger partial charge in [0.15, 0.2) is 0 Å². The summed E-state index contributed by atoms with van der Waals surface area (Å²) < 4.78 is 31.5. The number of carbonyl (C=O) groups is 1. The molecule has 0 heterocycles. The molecule has 0 aromatic heterocycles. The van der Waals surface area contributed by atoms with E-state index in [2.05, 4.69) is 5.32 Å². The van der Waals surface area contributed by atoms with Crippen molar-refractivity contribution in [2.24, 2.45) is 0 Å². The number of amides is 1. The predicted molar refractivity (Wildman–Crippen MR) is 101 cm³/mol. The second-order valence-corrected chi connectivity index (χ2v) is 8.21. The lowest BCUT2D eigenvalue weighted by Gasteiger charge is -2.19. The van der Waals surface area contributed by atoms with Gasteiger partial charge in [-0.05, 0) is 38.1 Å². The first kappa shape index (κ1) is 19.9. The van der Waals surface area contributed by atoms with E-state index in [4.69, 9.17) is 4.74 Å². The van der Waals surface area contributed by atoms with Crippen molar-refractivity contribution >= 4 is 15.9 Å². The fraction of sp³-hybridized carbons (Fsp3) is 0.316. The molecule has 0 unspecified atom stereocenters. The van der Waals surface area contributed by atoms with Gasteiger partial charge in [0, 0.05) is 7.05 Å². The van der Waals surface area contributed by atoms with Crippen LogP contribution in [0, 0.1) is 6.92 Å². The largest absolute Gasteiger partial charge is 0.491 e. The van der Waals surface area contributed by atoms with Crippen LogP contribution in [0.15, 0.2) is 59.5 Å². The SMILES string of the molecule is Cc1ccc(OC[C@H](C)NC(=O)CN(C)S(=O)(=O)c2ccccc2)cc1. The number of aryl methyl sites for hydroxylation is 1. The molecule has 6 nitrogen and oxygen atoms in total. The van der Waals surface area contributed by atoms with Crippen LogP contribution in [0.5, 0.6) is 5.75 Å². The van der Waals surface area contributed by atoms with Gasteiger partial charge in [-0.3, -0.25) is 4.79 Å². The molecule has 0 radical (unpaired) electrons. The van der Waals surface area contributed by atoms with Crippen molar-refractivity contribution in [3.05, 3.63) is 60.2 Å². The summed E-state index contributed by atoms with van der Waals surface area (Å²) in [5.41, 5.74) is 1.14. The van der Waals surface area contributed by atoms with Gasteiger partial charge in [0.1, 0.15) is 12.4 Å². The summed E-state index contributed by atoms with van der Waals surface area (Å²) in [6.07, 6.45) is 0. The monoisotopic (exact) mass is 376 g/mol. The lowest BCUT2D eigenvalue weighted by atomic mass is 10.2. The van der Waals surface area contributed by atoms with E-state index in [0.29, 0.717) is 6.61 Å². The Bertz CT molecular complexity index is 820. The van der Waals surface area contributed by atoms with Crippen LogP contribution in [-0.2, 0) is 14.8 Å². The van der Waals surface area contributed by atoms with E-state index in [1.54, 1.807) is 25.1 Å². The molecule has 1 N–H and O–H groups in total. The van der Waals surface area contributed by atoms with Gasteiger partial charge in [-0.15, -0.1) is 0 Å². The van der Waals surface area contributed by atoms with Crippen LogP contribution in [0.2, 0.25) is 0 Å². The second-order valence-electron chi connectivity index (χ2n) is 6.17. The normalized spacial score (nSPS) is 12.6. The first-order valence-electron chi connectivity index (χ1n) is 8.29. The number of sulfonamides is 1. The maximum atomic E-state index is 12.4. The number of rotatable bonds is 8. The third-order valence-electron chi connectivity index (χ3n) is 3.75. The highest BCUT2D eigenvalue weighted by atomic mass is 32.2. The van der Waals surface area contributed by atoms with E-state index in [-0.39, 0.29) is 23.4 Å².